The molecule has 2 aliphatic heterocycles. The molecule has 35 heavy (non-hydrogen) atoms. The predicted molar refractivity (Wildman–Crippen MR) is 137 cm³/mol. The minimum atomic E-state index is -0.218. The van der Waals surface area contributed by atoms with Gasteiger partial charge in [-0.15, -0.1) is 11.3 Å². The van der Waals surface area contributed by atoms with Gasteiger partial charge in [-0.2, -0.15) is 0 Å². The first-order valence-electron chi connectivity index (χ1n) is 11.7. The van der Waals surface area contributed by atoms with E-state index in [1.807, 2.05) is 34.2 Å². The number of nitrogens with zero attached hydrogens (tertiary/aromatic N) is 2. The number of rotatable bonds is 7. The number of hydrogen-bond acceptors (Lipinski definition) is 6. The van der Waals surface area contributed by atoms with E-state index in [4.69, 9.17) is 4.74 Å². The first kappa shape index (κ1) is 23.3. The molecule has 2 bridgehead atoms. The van der Waals surface area contributed by atoms with Crippen LogP contribution >= 0.6 is 11.3 Å². The molecule has 0 saturated carbocycles. The number of piperidine rings is 1. The van der Waals surface area contributed by atoms with E-state index in [-0.39, 0.29) is 23.3 Å². The van der Waals surface area contributed by atoms with Gasteiger partial charge in [0.15, 0.2) is 0 Å². The SMILES string of the molecule is COCCNC(=O)c1ccc(N2CC3CC(C2)c2cccc(=O)n2C3)c(NC(=O)c2cccs2)c1. The van der Waals surface area contributed by atoms with E-state index in [0.717, 1.165) is 30.9 Å². The molecule has 9 heteroatoms. The maximum Gasteiger partial charge on any atom is 0.265 e. The van der Waals surface area contributed by atoms with Gasteiger partial charge in [0.25, 0.3) is 17.4 Å². The van der Waals surface area contributed by atoms with Crippen molar-refractivity contribution in [1.29, 1.82) is 0 Å². The van der Waals surface area contributed by atoms with Gasteiger partial charge in [-0.05, 0) is 48.1 Å². The van der Waals surface area contributed by atoms with Crippen LogP contribution < -0.4 is 21.1 Å². The Morgan fingerprint density at radius 3 is 2.77 bits per heavy atom. The van der Waals surface area contributed by atoms with Gasteiger partial charge >= 0.3 is 0 Å². The van der Waals surface area contributed by atoms with Gasteiger partial charge in [0.05, 0.1) is 22.9 Å². The van der Waals surface area contributed by atoms with Gasteiger partial charge in [0, 0.05) is 56.5 Å². The van der Waals surface area contributed by atoms with E-state index in [1.54, 1.807) is 31.4 Å². The molecule has 5 rings (SSSR count). The number of nitrogens with one attached hydrogen (secondary N) is 2. The minimum absolute atomic E-state index is 0.0541. The summed E-state index contributed by atoms with van der Waals surface area (Å²) in [6.45, 7) is 3.04. The van der Waals surface area contributed by atoms with Crippen LogP contribution in [0.1, 0.15) is 38.1 Å². The average Bonchev–Trinajstić information content (AvgIpc) is 3.40. The zero-order valence-electron chi connectivity index (χ0n) is 19.5. The van der Waals surface area contributed by atoms with Gasteiger partial charge < -0.3 is 24.8 Å². The Bertz CT molecular complexity index is 1290. The molecule has 0 spiro atoms. The number of carbonyl (C=O) groups is 2. The first-order valence-corrected chi connectivity index (χ1v) is 12.6. The second kappa shape index (κ2) is 10.1. The molecule has 0 aliphatic carbocycles. The Hall–Kier alpha value is -3.43. The van der Waals surface area contributed by atoms with E-state index in [1.165, 1.54) is 11.3 Å². The number of anilines is 2. The predicted octanol–water partition coefficient (Wildman–Crippen LogP) is 3.16. The Morgan fingerprint density at radius 1 is 1.09 bits per heavy atom. The molecule has 2 aromatic heterocycles. The molecule has 1 aromatic carbocycles. The number of fused-ring (bicyclic) bond motifs is 4. The Balaban J connectivity index is 1.45. The van der Waals surface area contributed by atoms with E-state index in [2.05, 4.69) is 15.5 Å². The number of ether oxygens (including phenoxy) is 1. The lowest BCUT2D eigenvalue weighted by Gasteiger charge is -2.44. The summed E-state index contributed by atoms with van der Waals surface area (Å²) in [4.78, 5) is 40.9. The van der Waals surface area contributed by atoms with E-state index in [0.29, 0.717) is 41.7 Å². The molecule has 2 atom stereocenters. The molecule has 8 nitrogen and oxygen atoms in total. The summed E-state index contributed by atoms with van der Waals surface area (Å²) in [6, 6.07) is 14.6. The number of hydrogen-bond donors (Lipinski definition) is 2. The van der Waals surface area contributed by atoms with Crippen molar-refractivity contribution < 1.29 is 14.3 Å². The maximum absolute atomic E-state index is 12.9. The summed E-state index contributed by atoms with van der Waals surface area (Å²) < 4.78 is 6.92. The third-order valence-corrected chi connectivity index (χ3v) is 7.53. The summed E-state index contributed by atoms with van der Waals surface area (Å²) in [6.07, 6.45) is 1.04. The third-order valence-electron chi connectivity index (χ3n) is 6.66. The van der Waals surface area contributed by atoms with Gasteiger partial charge in [0.1, 0.15) is 0 Å². The lowest BCUT2D eigenvalue weighted by atomic mass is 9.83. The van der Waals surface area contributed by atoms with Crippen molar-refractivity contribution in [1.82, 2.24) is 9.88 Å². The quantitative estimate of drug-likeness (QED) is 0.495. The Morgan fingerprint density at radius 2 is 1.97 bits per heavy atom. The molecule has 4 heterocycles. The molecule has 2 amide bonds. The van der Waals surface area contributed by atoms with Crippen molar-refractivity contribution >= 4 is 34.5 Å². The standard InChI is InChI=1S/C26H28N4O4S/c1-34-10-9-27-25(32)18-7-8-22(20(13-18)28-26(33)23-5-3-11-35-23)29-14-17-12-19(16-29)21-4-2-6-24(31)30(21)15-17/h2-8,11,13,17,19H,9-10,12,14-16H2,1H3,(H,27,32)(H,28,33). The Kier molecular flexibility index (Phi) is 6.70. The zero-order valence-corrected chi connectivity index (χ0v) is 20.3. The van der Waals surface area contributed by atoms with Crippen LogP contribution in [0.4, 0.5) is 11.4 Å². The molecule has 2 unspecified atom stereocenters. The van der Waals surface area contributed by atoms with Crippen molar-refractivity contribution in [3.8, 4) is 0 Å². The molecule has 2 aliphatic rings. The highest BCUT2D eigenvalue weighted by molar-refractivity contribution is 7.12. The molecular weight excluding hydrogens is 464 g/mol. The first-order chi connectivity index (χ1) is 17.0. The fourth-order valence-electron chi connectivity index (χ4n) is 5.11. The molecule has 1 fully saturated rings. The molecule has 0 radical (unpaired) electrons. The summed E-state index contributed by atoms with van der Waals surface area (Å²) >= 11 is 1.37. The highest BCUT2D eigenvalue weighted by atomic mass is 32.1. The second-order valence-electron chi connectivity index (χ2n) is 9.02. The summed E-state index contributed by atoms with van der Waals surface area (Å²) in [5, 5.41) is 7.73. The fraction of sp³-hybridized carbons (Fsp3) is 0.346. The van der Waals surface area contributed by atoms with Gasteiger partial charge in [-0.3, -0.25) is 14.4 Å². The number of pyridine rings is 1. The van der Waals surface area contributed by atoms with Gasteiger partial charge in [0.2, 0.25) is 0 Å². The molecule has 182 valence electrons. The van der Waals surface area contributed by atoms with Crippen LogP contribution in [0.2, 0.25) is 0 Å². The Labute approximate surface area is 207 Å². The molecule has 3 aromatic rings. The third kappa shape index (κ3) is 4.87. The summed E-state index contributed by atoms with van der Waals surface area (Å²) in [5.41, 5.74) is 3.08. The van der Waals surface area contributed by atoms with Crippen LogP contribution in [0.15, 0.2) is 58.7 Å². The van der Waals surface area contributed by atoms with Crippen molar-refractivity contribution in [3.63, 3.8) is 0 Å². The van der Waals surface area contributed by atoms with Crippen LogP contribution in [-0.4, -0.2) is 49.7 Å². The van der Waals surface area contributed by atoms with Crippen LogP contribution in [0.25, 0.3) is 0 Å². The van der Waals surface area contributed by atoms with Crippen molar-refractivity contribution in [2.75, 3.05) is 43.6 Å². The highest BCUT2D eigenvalue weighted by Crippen LogP contribution is 2.39. The summed E-state index contributed by atoms with van der Waals surface area (Å²) in [5.74, 6) is 0.143. The number of benzene rings is 1. The van der Waals surface area contributed by atoms with Crippen molar-refractivity contribution in [2.45, 2.75) is 18.9 Å². The van der Waals surface area contributed by atoms with Gasteiger partial charge in [-0.25, -0.2) is 0 Å². The number of thiophene rings is 1. The molecule has 2 N–H and O–H groups in total. The molecule has 1 saturated heterocycles. The van der Waals surface area contributed by atoms with E-state index in [9.17, 15) is 14.4 Å². The van der Waals surface area contributed by atoms with Crippen molar-refractivity contribution in [3.05, 3.63) is 80.4 Å². The van der Waals surface area contributed by atoms with Crippen LogP contribution in [0.5, 0.6) is 0 Å². The number of carbonyl (C=O) groups excluding carboxylic acids is 2. The van der Waals surface area contributed by atoms with Crippen LogP contribution in [0, 0.1) is 5.92 Å². The largest absolute Gasteiger partial charge is 0.383 e. The average molecular weight is 493 g/mol. The monoisotopic (exact) mass is 492 g/mol. The summed E-state index contributed by atoms with van der Waals surface area (Å²) in [7, 11) is 1.59. The lowest BCUT2D eigenvalue weighted by Crippen LogP contribution is -2.47. The van der Waals surface area contributed by atoms with E-state index < -0.39 is 0 Å². The number of aromatic nitrogens is 1. The van der Waals surface area contributed by atoms with Crippen LogP contribution in [0.3, 0.4) is 0 Å². The normalized spacial score (nSPS) is 18.6. The molecular formula is C26H28N4O4S. The van der Waals surface area contributed by atoms with E-state index >= 15 is 0 Å². The number of methoxy groups -OCH3 is 1. The van der Waals surface area contributed by atoms with Crippen molar-refractivity contribution in [2.24, 2.45) is 5.92 Å². The zero-order chi connectivity index (χ0) is 24.4. The number of amides is 2. The minimum Gasteiger partial charge on any atom is -0.383 e. The topological polar surface area (TPSA) is 92.7 Å². The second-order valence-corrected chi connectivity index (χ2v) is 9.96. The smallest absolute Gasteiger partial charge is 0.265 e. The maximum atomic E-state index is 12.9. The lowest BCUT2D eigenvalue weighted by molar-refractivity contribution is 0.0936. The van der Waals surface area contributed by atoms with Gasteiger partial charge in [-0.1, -0.05) is 12.1 Å². The fourth-order valence-corrected chi connectivity index (χ4v) is 5.73. The highest BCUT2D eigenvalue weighted by Gasteiger charge is 2.35. The van der Waals surface area contributed by atoms with Crippen LogP contribution in [-0.2, 0) is 11.3 Å².